The fourth-order valence-electron chi connectivity index (χ4n) is 1.28. The smallest absolute Gasteiger partial charge is 0.460 e. The van der Waals surface area contributed by atoms with Crippen LogP contribution in [-0.2, 0) is 13.7 Å². The van der Waals surface area contributed by atoms with Crippen LogP contribution in [0.25, 0.3) is 0 Å². The first-order chi connectivity index (χ1) is 11.5. The number of methoxy groups -OCH3 is 1. The lowest BCUT2D eigenvalue weighted by atomic mass is 10.1. The minimum absolute atomic E-state index is 0.221. The number of ether oxygens (including phenoxy) is 1. The van der Waals surface area contributed by atoms with Crippen molar-refractivity contribution in [3.05, 3.63) is 24.3 Å². The van der Waals surface area contributed by atoms with Crippen LogP contribution in [0.4, 0.5) is 39.5 Å². The van der Waals surface area contributed by atoms with E-state index in [1.165, 1.54) is 19.2 Å². The van der Waals surface area contributed by atoms with Gasteiger partial charge in [0.2, 0.25) is 0 Å². The summed E-state index contributed by atoms with van der Waals surface area (Å²) in [6.07, 6.45) is -7.14. The summed E-state index contributed by atoms with van der Waals surface area (Å²) < 4.78 is 145. The lowest BCUT2D eigenvalue weighted by molar-refractivity contribution is -0.382. The number of hydrogen-bond donors (Lipinski definition) is 0. The van der Waals surface area contributed by atoms with Gasteiger partial charge in [0.15, 0.2) is 0 Å². The molecule has 0 aliphatic rings. The van der Waals surface area contributed by atoms with Crippen molar-refractivity contribution >= 4 is 22.2 Å². The molecule has 0 N–H and O–H groups in total. The van der Waals surface area contributed by atoms with Gasteiger partial charge in [-0.2, -0.15) is 51.6 Å². The number of hydrogen-bond acceptors (Lipinski definition) is 5. The number of halogens is 9. The largest absolute Gasteiger partial charge is 0.497 e. The first-order valence-electron chi connectivity index (χ1n) is 5.96. The van der Waals surface area contributed by atoms with Crippen molar-refractivity contribution in [1.29, 1.82) is 0 Å². The first kappa shape index (κ1) is 22.7. The fraction of sp³-hybridized carbons (Fsp3) is 0.455. The highest BCUT2D eigenvalue weighted by atomic mass is 32.3. The van der Waals surface area contributed by atoms with Gasteiger partial charge in [-0.1, -0.05) is 0 Å². The van der Waals surface area contributed by atoms with Gasteiger partial charge in [-0.3, -0.25) is 0 Å². The highest BCUT2D eigenvalue weighted by molar-refractivity contribution is 8.04. The molecule has 0 amide bonds. The number of alkyl halides is 9. The second-order valence-electron chi connectivity index (χ2n) is 4.44. The maximum Gasteiger partial charge on any atom is 0.460 e. The summed E-state index contributed by atoms with van der Waals surface area (Å²) in [5.41, 5.74) is 0. The minimum atomic E-state index is -7.34. The van der Waals surface area contributed by atoms with Crippen molar-refractivity contribution in [3.8, 4) is 5.75 Å². The maximum absolute atomic E-state index is 13.4. The molecule has 0 aromatic heterocycles. The molecule has 0 radical (unpaired) electrons. The van der Waals surface area contributed by atoms with Crippen LogP contribution in [-0.4, -0.2) is 38.8 Å². The lowest BCUT2D eigenvalue weighted by Crippen LogP contribution is -2.63. The van der Waals surface area contributed by atoms with Gasteiger partial charge in [-0.25, -0.2) is 0 Å². The van der Waals surface area contributed by atoms with E-state index in [0.29, 0.717) is 0 Å². The second kappa shape index (κ2) is 6.99. The molecule has 0 bridgehead atoms. The molecule has 0 saturated heterocycles. The highest BCUT2D eigenvalue weighted by Crippen LogP contribution is 2.55. The van der Waals surface area contributed by atoms with Gasteiger partial charge in [-0.05, 0) is 24.3 Å². The Hall–Kier alpha value is -1.35. The van der Waals surface area contributed by atoms with Crippen molar-refractivity contribution in [3.63, 3.8) is 0 Å². The van der Waals surface area contributed by atoms with Gasteiger partial charge in [-0.15, -0.1) is 0 Å². The molecule has 1 aromatic carbocycles. The molecule has 0 aliphatic heterocycles. The lowest BCUT2D eigenvalue weighted by Gasteiger charge is -2.32. The average Bonchev–Trinajstić information content (AvgIpc) is 2.51. The fourth-order valence-corrected chi connectivity index (χ4v) is 2.98. The van der Waals surface area contributed by atoms with Gasteiger partial charge in [0.25, 0.3) is 0 Å². The van der Waals surface area contributed by atoms with Gasteiger partial charge in [0.1, 0.15) is 5.75 Å². The number of rotatable bonds is 7. The zero-order valence-electron chi connectivity index (χ0n) is 12.2. The van der Waals surface area contributed by atoms with Crippen molar-refractivity contribution in [2.75, 3.05) is 7.11 Å². The zero-order chi connectivity index (χ0) is 20.6. The van der Waals surface area contributed by atoms with E-state index in [2.05, 4.69) is 3.63 Å². The summed E-state index contributed by atoms with van der Waals surface area (Å²) >= 11 is -0.475. The van der Waals surface area contributed by atoms with E-state index in [9.17, 15) is 47.9 Å². The molecule has 1 rings (SSSR count). The summed E-state index contributed by atoms with van der Waals surface area (Å²) in [6, 6.07) is 4.37. The Bertz CT molecular complexity index is 729. The SMILES string of the molecule is COc1ccc(SOS(=O)(=O)C(F)(F)C(F)(F)C(F)(F)C(F)(F)F)cc1. The Morgan fingerprint density at radius 3 is 1.69 bits per heavy atom. The third-order valence-electron chi connectivity index (χ3n) is 2.71. The highest BCUT2D eigenvalue weighted by Gasteiger charge is 2.85. The Morgan fingerprint density at radius 1 is 0.846 bits per heavy atom. The van der Waals surface area contributed by atoms with Crippen LogP contribution in [0.5, 0.6) is 5.75 Å². The van der Waals surface area contributed by atoms with Crippen LogP contribution in [0.15, 0.2) is 29.2 Å². The van der Waals surface area contributed by atoms with Crippen LogP contribution in [0.3, 0.4) is 0 Å². The predicted molar refractivity (Wildman–Crippen MR) is 69.8 cm³/mol. The zero-order valence-corrected chi connectivity index (χ0v) is 13.8. The third kappa shape index (κ3) is 3.83. The van der Waals surface area contributed by atoms with Gasteiger partial charge in [0.05, 0.1) is 7.11 Å². The quantitative estimate of drug-likeness (QED) is 0.465. The van der Waals surface area contributed by atoms with Crippen LogP contribution in [0.1, 0.15) is 0 Å². The summed E-state index contributed by atoms with van der Waals surface area (Å²) in [6.45, 7) is 0. The van der Waals surface area contributed by atoms with Gasteiger partial charge in [0, 0.05) is 16.9 Å². The average molecular weight is 438 g/mol. The molecule has 0 fully saturated rings. The molecule has 1 aromatic rings. The van der Waals surface area contributed by atoms with Crippen molar-refractivity contribution in [2.45, 2.75) is 28.2 Å². The molecule has 0 aliphatic carbocycles. The topological polar surface area (TPSA) is 52.6 Å². The summed E-state index contributed by atoms with van der Waals surface area (Å²) in [7, 11) is -5.66. The molecular weight excluding hydrogens is 431 g/mol. The van der Waals surface area contributed by atoms with Crippen molar-refractivity contribution in [1.82, 2.24) is 0 Å². The van der Waals surface area contributed by atoms with Gasteiger partial charge >= 0.3 is 33.4 Å². The second-order valence-corrected chi connectivity index (χ2v) is 7.05. The Labute approximate surface area is 144 Å². The van der Waals surface area contributed by atoms with Crippen molar-refractivity contribution in [2.24, 2.45) is 0 Å². The monoisotopic (exact) mass is 438 g/mol. The standard InChI is InChI=1S/C11H7F9O4S2/c1-23-6-2-4-7(5-3-6)25-24-26(21,22)11(19,20)9(14,15)8(12,13)10(16,17)18/h2-5H,1H3. The van der Waals surface area contributed by atoms with Gasteiger partial charge < -0.3 is 4.74 Å². The molecule has 0 spiro atoms. The molecule has 0 atom stereocenters. The van der Waals surface area contributed by atoms with E-state index < -0.39 is 45.4 Å². The molecule has 0 saturated carbocycles. The van der Waals surface area contributed by atoms with E-state index in [4.69, 9.17) is 4.74 Å². The Balaban J connectivity index is 3.11. The van der Waals surface area contributed by atoms with E-state index in [1.54, 1.807) is 0 Å². The predicted octanol–water partition coefficient (Wildman–Crippen LogP) is 4.47. The maximum atomic E-state index is 13.4. The van der Waals surface area contributed by atoms with E-state index in [1.807, 2.05) is 0 Å². The molecule has 0 unspecified atom stereocenters. The Morgan fingerprint density at radius 2 is 1.31 bits per heavy atom. The molecule has 15 heteroatoms. The van der Waals surface area contributed by atoms with Crippen molar-refractivity contribution < 1.29 is 56.3 Å². The molecule has 0 heterocycles. The van der Waals surface area contributed by atoms with E-state index in [-0.39, 0.29) is 10.6 Å². The summed E-state index contributed by atoms with van der Waals surface area (Å²) in [4.78, 5) is -0.281. The molecule has 26 heavy (non-hydrogen) atoms. The van der Waals surface area contributed by atoms with Crippen LogP contribution < -0.4 is 4.74 Å². The normalized spacial score (nSPS) is 14.4. The molecular formula is C11H7F9O4S2. The first-order valence-corrected chi connectivity index (χ1v) is 8.11. The van der Waals surface area contributed by atoms with E-state index in [0.717, 1.165) is 12.1 Å². The minimum Gasteiger partial charge on any atom is -0.497 e. The summed E-state index contributed by atoms with van der Waals surface area (Å²) in [5, 5.41) is -6.89. The van der Waals surface area contributed by atoms with Crippen LogP contribution in [0, 0.1) is 0 Å². The third-order valence-corrected chi connectivity index (χ3v) is 5.05. The Kier molecular flexibility index (Phi) is 6.10. The van der Waals surface area contributed by atoms with E-state index >= 15 is 0 Å². The van der Waals surface area contributed by atoms with Crippen LogP contribution in [0.2, 0.25) is 0 Å². The summed E-state index contributed by atoms with van der Waals surface area (Å²) in [5.74, 6) is -14.5. The molecule has 150 valence electrons. The number of benzene rings is 1. The van der Waals surface area contributed by atoms with Crippen LogP contribution >= 0.6 is 12.0 Å². The molecule has 4 nitrogen and oxygen atoms in total.